The predicted molar refractivity (Wildman–Crippen MR) is 50.9 cm³/mol. The molecule has 1 saturated heterocycles. The van der Waals surface area contributed by atoms with Gasteiger partial charge in [-0.15, -0.1) is 0 Å². The fraction of sp³-hybridized carbons (Fsp3) is 1.00. The van der Waals surface area contributed by atoms with Gasteiger partial charge in [-0.2, -0.15) is 0 Å². The van der Waals surface area contributed by atoms with Crippen LogP contribution in [0.15, 0.2) is 0 Å². The molecule has 0 aromatic heterocycles. The van der Waals surface area contributed by atoms with Gasteiger partial charge in [-0.05, 0) is 12.4 Å². The molecule has 11 heavy (non-hydrogen) atoms. The first-order valence-corrected chi connectivity index (χ1v) is 4.98. The van der Waals surface area contributed by atoms with Crippen molar-refractivity contribution in [1.29, 1.82) is 0 Å². The molecular weight excluding hydrogens is 133 g/mol. The summed E-state index contributed by atoms with van der Waals surface area (Å²) in [4.78, 5) is 0. The van der Waals surface area contributed by atoms with E-state index < -0.39 is 0 Å². The average Bonchev–Trinajstić information content (AvgIpc) is 2.03. The lowest BCUT2D eigenvalue weighted by molar-refractivity contribution is 0.570. The van der Waals surface area contributed by atoms with Crippen LogP contribution in [0, 0.1) is 0 Å². The van der Waals surface area contributed by atoms with Crippen LogP contribution in [-0.4, -0.2) is 13.2 Å². The zero-order chi connectivity index (χ0) is 7.94. The summed E-state index contributed by atoms with van der Waals surface area (Å²) < 4.78 is 0. The summed E-state index contributed by atoms with van der Waals surface area (Å²) in [5.74, 6) is 0.382. The van der Waals surface area contributed by atoms with Gasteiger partial charge in [-0.3, -0.25) is 0 Å². The largest absolute Gasteiger partial charge is 0.335 e. The van der Waals surface area contributed by atoms with Crippen molar-refractivity contribution in [1.82, 2.24) is 0 Å². The van der Waals surface area contributed by atoms with E-state index in [0.717, 1.165) is 0 Å². The summed E-state index contributed by atoms with van der Waals surface area (Å²) in [6.07, 6.45) is 10.8. The van der Waals surface area contributed by atoms with Crippen LogP contribution >= 0.6 is 0 Å². The molecule has 1 aliphatic heterocycles. The second kappa shape index (κ2) is 5.65. The minimum Gasteiger partial charge on any atom is -0.335 e. The molecule has 2 heteroatoms. The van der Waals surface area contributed by atoms with E-state index in [1.165, 1.54) is 51.3 Å². The van der Waals surface area contributed by atoms with Crippen LogP contribution < -0.4 is 5.73 Å². The summed E-state index contributed by atoms with van der Waals surface area (Å²) in [6.45, 7) is 0. The van der Waals surface area contributed by atoms with Crippen molar-refractivity contribution in [2.24, 2.45) is 5.73 Å². The highest BCUT2D eigenvalue weighted by molar-refractivity contribution is 6.37. The second-order valence-electron chi connectivity index (χ2n) is 3.60. The zero-order valence-corrected chi connectivity index (χ0v) is 7.39. The molecule has 0 saturated carbocycles. The molecule has 1 rings (SSSR count). The predicted octanol–water partition coefficient (Wildman–Crippen LogP) is 2.14. The van der Waals surface area contributed by atoms with Crippen molar-refractivity contribution < 1.29 is 0 Å². The lowest BCUT2D eigenvalue weighted by atomic mass is 9.64. The van der Waals surface area contributed by atoms with Gasteiger partial charge in [0.2, 0.25) is 0 Å². The first-order valence-electron chi connectivity index (χ1n) is 4.98. The molecule has 1 nitrogen and oxygen atoms in total. The Labute approximate surface area is 71.0 Å². The van der Waals surface area contributed by atoms with E-state index in [9.17, 15) is 0 Å². The van der Waals surface area contributed by atoms with Gasteiger partial charge in [0.15, 0.2) is 0 Å². The molecule has 1 heterocycles. The van der Waals surface area contributed by atoms with E-state index in [2.05, 4.69) is 7.28 Å². The Bertz CT molecular complexity index is 85.6. The molecule has 63 valence electrons. The van der Waals surface area contributed by atoms with Crippen molar-refractivity contribution in [3.8, 4) is 0 Å². The van der Waals surface area contributed by atoms with Crippen molar-refractivity contribution in [3.05, 3.63) is 0 Å². The normalized spacial score (nSPS) is 29.0. The zero-order valence-electron chi connectivity index (χ0n) is 7.39. The Morgan fingerprint density at radius 3 is 2.36 bits per heavy atom. The van der Waals surface area contributed by atoms with Gasteiger partial charge >= 0.3 is 0 Å². The van der Waals surface area contributed by atoms with Crippen molar-refractivity contribution in [3.63, 3.8) is 0 Å². The van der Waals surface area contributed by atoms with Gasteiger partial charge in [-0.25, -0.2) is 0 Å². The molecule has 0 bridgehead atoms. The van der Waals surface area contributed by atoms with Crippen molar-refractivity contribution >= 4 is 7.28 Å². The highest BCUT2D eigenvalue weighted by Crippen LogP contribution is 2.12. The second-order valence-corrected chi connectivity index (χ2v) is 3.60. The van der Waals surface area contributed by atoms with Crippen LogP contribution in [0.3, 0.4) is 0 Å². The lowest BCUT2D eigenvalue weighted by Gasteiger charge is -2.12. The van der Waals surface area contributed by atoms with Gasteiger partial charge in [0, 0.05) is 0 Å². The van der Waals surface area contributed by atoms with Gasteiger partial charge in [0.1, 0.15) is 7.28 Å². The standard InChI is InChI=1S/C9H19BN/c11-9-7-5-3-1-2-4-6-8-10-9/h9H,1-8,11H2. The Balaban J connectivity index is 2.12. The van der Waals surface area contributed by atoms with Gasteiger partial charge in [0.25, 0.3) is 0 Å². The first-order chi connectivity index (χ1) is 5.39. The smallest absolute Gasteiger partial charge is 0.132 e. The van der Waals surface area contributed by atoms with E-state index in [1.807, 2.05) is 0 Å². The molecule has 1 atom stereocenters. The highest BCUT2D eigenvalue weighted by Gasteiger charge is 2.05. The van der Waals surface area contributed by atoms with E-state index in [4.69, 9.17) is 5.73 Å². The third-order valence-corrected chi connectivity index (χ3v) is 2.46. The van der Waals surface area contributed by atoms with Crippen LogP contribution in [0.25, 0.3) is 0 Å². The first kappa shape index (κ1) is 9.12. The summed E-state index contributed by atoms with van der Waals surface area (Å²) >= 11 is 0. The van der Waals surface area contributed by atoms with Crippen LogP contribution in [0.4, 0.5) is 0 Å². The maximum Gasteiger partial charge on any atom is 0.132 e. The third-order valence-electron chi connectivity index (χ3n) is 2.46. The van der Waals surface area contributed by atoms with Crippen LogP contribution in [0.1, 0.15) is 44.9 Å². The van der Waals surface area contributed by atoms with Crippen molar-refractivity contribution in [2.45, 2.75) is 57.2 Å². The number of hydrogen-bond donors (Lipinski definition) is 1. The molecule has 1 unspecified atom stereocenters. The van der Waals surface area contributed by atoms with Gasteiger partial charge < -0.3 is 5.73 Å². The van der Waals surface area contributed by atoms with E-state index >= 15 is 0 Å². The third kappa shape index (κ3) is 4.46. The molecule has 0 amide bonds. The van der Waals surface area contributed by atoms with E-state index in [1.54, 1.807) is 0 Å². The fourth-order valence-corrected chi connectivity index (χ4v) is 1.68. The van der Waals surface area contributed by atoms with Crippen molar-refractivity contribution in [2.75, 3.05) is 0 Å². The number of rotatable bonds is 0. The average molecular weight is 152 g/mol. The van der Waals surface area contributed by atoms with E-state index in [0.29, 0.717) is 5.94 Å². The molecule has 0 spiro atoms. The Morgan fingerprint density at radius 1 is 0.909 bits per heavy atom. The minimum absolute atomic E-state index is 0.382. The Morgan fingerprint density at radius 2 is 1.55 bits per heavy atom. The Kier molecular flexibility index (Phi) is 4.68. The highest BCUT2D eigenvalue weighted by atomic mass is 14.6. The van der Waals surface area contributed by atoms with Crippen LogP contribution in [0.2, 0.25) is 6.32 Å². The lowest BCUT2D eigenvalue weighted by Crippen LogP contribution is -2.27. The summed E-state index contributed by atoms with van der Waals surface area (Å²) in [7, 11) is 2.30. The summed E-state index contributed by atoms with van der Waals surface area (Å²) in [5, 5.41) is 0. The van der Waals surface area contributed by atoms with Gasteiger partial charge in [-0.1, -0.05) is 44.8 Å². The molecule has 2 N–H and O–H groups in total. The summed E-state index contributed by atoms with van der Waals surface area (Å²) in [5.41, 5.74) is 5.87. The molecule has 0 aromatic carbocycles. The number of nitrogens with two attached hydrogens (primary N) is 1. The molecule has 1 radical (unpaired) electrons. The van der Waals surface area contributed by atoms with Crippen LogP contribution in [0.5, 0.6) is 0 Å². The molecule has 0 aromatic rings. The maximum atomic E-state index is 5.87. The maximum absolute atomic E-state index is 5.87. The minimum atomic E-state index is 0.382. The quantitative estimate of drug-likeness (QED) is 0.528. The van der Waals surface area contributed by atoms with Crippen LogP contribution in [-0.2, 0) is 0 Å². The topological polar surface area (TPSA) is 26.0 Å². The van der Waals surface area contributed by atoms with E-state index in [-0.39, 0.29) is 0 Å². The molecule has 1 aliphatic rings. The molecular formula is C9H19BN. The SMILES string of the molecule is NC1[B]CCCCCCCC1. The molecule has 1 fully saturated rings. The molecule has 0 aliphatic carbocycles. The van der Waals surface area contributed by atoms with Gasteiger partial charge in [0.05, 0.1) is 0 Å². The fourth-order valence-electron chi connectivity index (χ4n) is 1.68. The Hall–Kier alpha value is 0.0249. The summed E-state index contributed by atoms with van der Waals surface area (Å²) in [6, 6.07) is 0. The number of hydrogen-bond acceptors (Lipinski definition) is 1. The monoisotopic (exact) mass is 152 g/mol.